The predicted molar refractivity (Wildman–Crippen MR) is 79.2 cm³/mol. The summed E-state index contributed by atoms with van der Waals surface area (Å²) < 4.78 is 6.40. The third-order valence-electron chi connectivity index (χ3n) is 3.48. The van der Waals surface area contributed by atoms with Gasteiger partial charge < -0.3 is 10.1 Å². The first-order valence-corrected chi connectivity index (χ1v) is 7.68. The van der Waals surface area contributed by atoms with Gasteiger partial charge in [-0.05, 0) is 37.0 Å². The van der Waals surface area contributed by atoms with Crippen molar-refractivity contribution in [2.24, 2.45) is 5.92 Å². The molecule has 1 fully saturated rings. The highest BCUT2D eigenvalue weighted by Crippen LogP contribution is 2.22. The predicted octanol–water partition coefficient (Wildman–Crippen LogP) is 3.52. The highest BCUT2D eigenvalue weighted by molar-refractivity contribution is 9.10. The van der Waals surface area contributed by atoms with Gasteiger partial charge in [0.25, 0.3) is 5.91 Å². The Hall–Kier alpha value is -1.03. The number of amides is 1. The van der Waals surface area contributed by atoms with E-state index in [2.05, 4.69) is 21.2 Å². The molecule has 104 valence electrons. The molecule has 1 aromatic rings. The van der Waals surface area contributed by atoms with Crippen molar-refractivity contribution in [3.05, 3.63) is 28.7 Å². The van der Waals surface area contributed by atoms with Crippen molar-refractivity contribution in [1.29, 1.82) is 0 Å². The molecule has 0 spiro atoms. The number of halogens is 1. The van der Waals surface area contributed by atoms with Crippen LogP contribution < -0.4 is 10.1 Å². The van der Waals surface area contributed by atoms with Crippen LogP contribution in [-0.4, -0.2) is 19.1 Å². The van der Waals surface area contributed by atoms with E-state index in [1.165, 1.54) is 32.1 Å². The monoisotopic (exact) mass is 325 g/mol. The van der Waals surface area contributed by atoms with Gasteiger partial charge in [-0.3, -0.25) is 4.79 Å². The van der Waals surface area contributed by atoms with Crippen LogP contribution in [0, 0.1) is 5.92 Å². The normalized spacial score (nSPS) is 16.1. The van der Waals surface area contributed by atoms with Crippen LogP contribution in [-0.2, 0) is 4.79 Å². The van der Waals surface area contributed by atoms with E-state index >= 15 is 0 Å². The number of carbonyl (C=O) groups excluding carboxylic acids is 1. The van der Waals surface area contributed by atoms with E-state index in [-0.39, 0.29) is 12.5 Å². The second-order valence-corrected chi connectivity index (χ2v) is 5.97. The third-order valence-corrected chi connectivity index (χ3v) is 3.97. The minimum atomic E-state index is -0.0365. The molecule has 0 aromatic heterocycles. The smallest absolute Gasteiger partial charge is 0.257 e. The summed E-state index contributed by atoms with van der Waals surface area (Å²) in [7, 11) is 0. The fourth-order valence-corrected chi connectivity index (χ4v) is 2.78. The Morgan fingerprint density at radius 2 is 2.11 bits per heavy atom. The Labute approximate surface area is 122 Å². The molecule has 0 radical (unpaired) electrons. The highest BCUT2D eigenvalue weighted by atomic mass is 79.9. The first-order valence-electron chi connectivity index (χ1n) is 6.89. The van der Waals surface area contributed by atoms with Crippen LogP contribution in [0.3, 0.4) is 0 Å². The second-order valence-electron chi connectivity index (χ2n) is 5.05. The Balaban J connectivity index is 1.66. The molecule has 1 aromatic carbocycles. The van der Waals surface area contributed by atoms with Crippen molar-refractivity contribution in [2.75, 3.05) is 13.2 Å². The average molecular weight is 326 g/mol. The van der Waals surface area contributed by atoms with Gasteiger partial charge in [0, 0.05) is 11.0 Å². The molecule has 0 bridgehead atoms. The molecule has 1 aliphatic rings. The van der Waals surface area contributed by atoms with Crippen LogP contribution >= 0.6 is 15.9 Å². The van der Waals surface area contributed by atoms with E-state index in [1.54, 1.807) is 0 Å². The number of carbonyl (C=O) groups is 1. The maximum Gasteiger partial charge on any atom is 0.257 e. The second kappa shape index (κ2) is 7.53. The first kappa shape index (κ1) is 14.4. The number of hydrogen-bond donors (Lipinski definition) is 1. The van der Waals surface area contributed by atoms with E-state index in [1.807, 2.05) is 24.3 Å². The molecule has 1 aliphatic carbocycles. The zero-order chi connectivity index (χ0) is 13.5. The van der Waals surface area contributed by atoms with Crippen molar-refractivity contribution in [3.63, 3.8) is 0 Å². The zero-order valence-corrected chi connectivity index (χ0v) is 12.6. The number of benzene rings is 1. The van der Waals surface area contributed by atoms with Crippen LogP contribution in [0.1, 0.15) is 32.1 Å². The molecule has 0 unspecified atom stereocenters. The molecule has 0 heterocycles. The fraction of sp³-hybridized carbons (Fsp3) is 0.533. The van der Waals surface area contributed by atoms with Gasteiger partial charge in [-0.2, -0.15) is 0 Å². The molecule has 19 heavy (non-hydrogen) atoms. The molecular formula is C15H20BrNO2. The summed E-state index contributed by atoms with van der Waals surface area (Å²) in [6.07, 6.45) is 6.43. The van der Waals surface area contributed by atoms with Gasteiger partial charge in [0.15, 0.2) is 6.61 Å². The average Bonchev–Trinajstić information content (AvgIpc) is 2.44. The quantitative estimate of drug-likeness (QED) is 0.899. The standard InChI is InChI=1S/C15H20BrNO2/c16-13-7-4-8-14(9-13)19-11-15(18)17-10-12-5-2-1-3-6-12/h4,7-9,12H,1-3,5-6,10-11H2,(H,17,18). The lowest BCUT2D eigenvalue weighted by Crippen LogP contribution is -2.33. The molecule has 1 amide bonds. The summed E-state index contributed by atoms with van der Waals surface area (Å²) in [4.78, 5) is 11.7. The lowest BCUT2D eigenvalue weighted by molar-refractivity contribution is -0.123. The summed E-state index contributed by atoms with van der Waals surface area (Å²) in [5, 5.41) is 2.96. The maximum atomic E-state index is 11.7. The lowest BCUT2D eigenvalue weighted by Gasteiger charge is -2.21. The van der Waals surface area contributed by atoms with E-state index in [0.29, 0.717) is 11.7 Å². The topological polar surface area (TPSA) is 38.3 Å². The van der Waals surface area contributed by atoms with Crippen LogP contribution in [0.2, 0.25) is 0 Å². The Morgan fingerprint density at radius 3 is 2.84 bits per heavy atom. The summed E-state index contributed by atoms with van der Waals surface area (Å²) >= 11 is 3.37. The van der Waals surface area contributed by atoms with Crippen molar-refractivity contribution >= 4 is 21.8 Å². The molecule has 4 heteroatoms. The molecule has 1 N–H and O–H groups in total. The number of rotatable bonds is 5. The van der Waals surface area contributed by atoms with Crippen molar-refractivity contribution < 1.29 is 9.53 Å². The fourth-order valence-electron chi connectivity index (χ4n) is 2.41. The summed E-state index contributed by atoms with van der Waals surface area (Å²) in [5.41, 5.74) is 0. The van der Waals surface area contributed by atoms with Gasteiger partial charge in [0.05, 0.1) is 0 Å². The Morgan fingerprint density at radius 1 is 1.32 bits per heavy atom. The SMILES string of the molecule is O=C(COc1cccc(Br)c1)NCC1CCCCC1. The van der Waals surface area contributed by atoms with E-state index in [9.17, 15) is 4.79 Å². The van der Waals surface area contributed by atoms with Gasteiger partial charge in [-0.15, -0.1) is 0 Å². The third kappa shape index (κ3) is 5.23. The Bertz CT molecular complexity index is 416. The summed E-state index contributed by atoms with van der Waals surface area (Å²) in [5.74, 6) is 1.33. The molecule has 0 atom stereocenters. The molecule has 0 aliphatic heterocycles. The maximum absolute atomic E-state index is 11.7. The Kier molecular flexibility index (Phi) is 5.70. The van der Waals surface area contributed by atoms with Gasteiger partial charge in [-0.1, -0.05) is 41.3 Å². The molecule has 0 saturated heterocycles. The van der Waals surface area contributed by atoms with Gasteiger partial charge >= 0.3 is 0 Å². The minimum absolute atomic E-state index is 0.0365. The molecule has 1 saturated carbocycles. The molecule has 2 rings (SSSR count). The van der Waals surface area contributed by atoms with Crippen LogP contribution in [0.4, 0.5) is 0 Å². The van der Waals surface area contributed by atoms with Crippen LogP contribution in [0.5, 0.6) is 5.75 Å². The number of hydrogen-bond acceptors (Lipinski definition) is 2. The number of ether oxygens (including phenoxy) is 1. The largest absolute Gasteiger partial charge is 0.484 e. The highest BCUT2D eigenvalue weighted by Gasteiger charge is 2.14. The first-order chi connectivity index (χ1) is 9.24. The van der Waals surface area contributed by atoms with Crippen molar-refractivity contribution in [1.82, 2.24) is 5.32 Å². The lowest BCUT2D eigenvalue weighted by atomic mass is 9.89. The van der Waals surface area contributed by atoms with E-state index in [0.717, 1.165) is 11.0 Å². The van der Waals surface area contributed by atoms with Gasteiger partial charge in [0.1, 0.15) is 5.75 Å². The van der Waals surface area contributed by atoms with Crippen LogP contribution in [0.15, 0.2) is 28.7 Å². The van der Waals surface area contributed by atoms with Crippen molar-refractivity contribution in [2.45, 2.75) is 32.1 Å². The van der Waals surface area contributed by atoms with Gasteiger partial charge in [-0.25, -0.2) is 0 Å². The van der Waals surface area contributed by atoms with Gasteiger partial charge in [0.2, 0.25) is 0 Å². The number of nitrogens with one attached hydrogen (secondary N) is 1. The summed E-state index contributed by atoms with van der Waals surface area (Å²) in [6.45, 7) is 0.879. The zero-order valence-electron chi connectivity index (χ0n) is 11.0. The van der Waals surface area contributed by atoms with E-state index < -0.39 is 0 Å². The van der Waals surface area contributed by atoms with Crippen LogP contribution in [0.25, 0.3) is 0 Å². The minimum Gasteiger partial charge on any atom is -0.484 e. The summed E-state index contributed by atoms with van der Waals surface area (Å²) in [6, 6.07) is 7.52. The van der Waals surface area contributed by atoms with Crippen molar-refractivity contribution in [3.8, 4) is 5.75 Å². The molecular weight excluding hydrogens is 306 g/mol. The van der Waals surface area contributed by atoms with E-state index in [4.69, 9.17) is 4.74 Å². The molecule has 3 nitrogen and oxygen atoms in total.